The molecule has 0 aliphatic heterocycles. The number of imidazole rings is 1. The van der Waals surface area contributed by atoms with Gasteiger partial charge in [-0.25, -0.2) is 0 Å². The molecule has 1 unspecified atom stereocenters. The predicted molar refractivity (Wildman–Crippen MR) is 165 cm³/mol. The molecule has 0 N–H and O–H groups in total. The Morgan fingerprint density at radius 3 is 2.13 bits per heavy atom. The number of nitrogens with zero attached hydrogens (tertiary/aromatic N) is 4. The molecule has 4 nitrogen and oxygen atoms in total. The van der Waals surface area contributed by atoms with E-state index in [1.807, 2.05) is 24.7 Å². The third-order valence-corrected chi connectivity index (χ3v) is 14.6. The molecule has 0 amide bonds. The van der Waals surface area contributed by atoms with Crippen molar-refractivity contribution in [2.24, 2.45) is 0 Å². The molecule has 0 bridgehead atoms. The first-order chi connectivity index (χ1) is 19.2. The second-order valence-corrected chi connectivity index (χ2v) is 15.9. The maximum absolute atomic E-state index is 5.25. The van der Waals surface area contributed by atoms with Gasteiger partial charge < -0.3 is 0 Å². The van der Waals surface area contributed by atoms with E-state index in [0.717, 1.165) is 33.0 Å². The monoisotopic (exact) mass is 584 g/mol. The van der Waals surface area contributed by atoms with Crippen molar-refractivity contribution in [1.29, 1.82) is 0 Å². The molecule has 8 rings (SSSR count). The molecule has 8 aromatic rings. The number of rotatable bonds is 3. The Morgan fingerprint density at radius 1 is 0.564 bits per heavy atom. The minimum atomic E-state index is -2.13. The fourth-order valence-electron chi connectivity index (χ4n) is 5.75. The second-order valence-electron chi connectivity index (χ2n) is 9.70. The average molecular weight is 583 g/mol. The Bertz CT molecular complexity index is 2270. The molecule has 0 saturated carbocycles. The van der Waals surface area contributed by atoms with Crippen molar-refractivity contribution in [2.75, 3.05) is 0 Å². The SMILES string of the molecule is [Se]=P(c1ccncc1)(c1ccc2cccnc2c1)c1ccc2c(c1)nc1c3ccccc3c3ccccc3n21. The van der Waals surface area contributed by atoms with Crippen molar-refractivity contribution in [1.82, 2.24) is 19.4 Å². The van der Waals surface area contributed by atoms with E-state index < -0.39 is 5.51 Å². The molecule has 0 saturated heterocycles. The van der Waals surface area contributed by atoms with Gasteiger partial charge in [-0.2, -0.15) is 0 Å². The van der Waals surface area contributed by atoms with Crippen LogP contribution in [-0.4, -0.2) is 34.5 Å². The van der Waals surface area contributed by atoms with E-state index in [9.17, 15) is 0 Å². The van der Waals surface area contributed by atoms with Crippen LogP contribution in [-0.2, 0) is 0 Å². The third kappa shape index (κ3) is 3.38. The Hall–Kier alpha value is -4.14. The summed E-state index contributed by atoms with van der Waals surface area (Å²) in [4.78, 5) is 14.2. The van der Waals surface area contributed by atoms with Gasteiger partial charge in [-0.05, 0) is 0 Å². The van der Waals surface area contributed by atoms with Gasteiger partial charge in [0.2, 0.25) is 0 Å². The first kappa shape index (κ1) is 22.8. The van der Waals surface area contributed by atoms with Gasteiger partial charge in [-0.1, -0.05) is 0 Å². The van der Waals surface area contributed by atoms with Crippen molar-refractivity contribution in [3.05, 3.63) is 128 Å². The van der Waals surface area contributed by atoms with Gasteiger partial charge in [0.05, 0.1) is 0 Å². The number of fused-ring (bicyclic) bond motifs is 9. The van der Waals surface area contributed by atoms with Gasteiger partial charge in [0.15, 0.2) is 0 Å². The summed E-state index contributed by atoms with van der Waals surface area (Å²) in [6.45, 7) is 0. The molecule has 6 heteroatoms. The molecule has 184 valence electrons. The first-order valence-electron chi connectivity index (χ1n) is 12.8. The molecular weight excluding hydrogens is 562 g/mol. The normalized spacial score (nSPS) is 13.4. The van der Waals surface area contributed by atoms with Crippen LogP contribution in [0, 0.1) is 0 Å². The van der Waals surface area contributed by atoms with Crippen LogP contribution in [0.15, 0.2) is 128 Å². The minimum absolute atomic E-state index is 0.985. The number of hydrogen-bond donors (Lipinski definition) is 0. The maximum atomic E-state index is 5.25. The second kappa shape index (κ2) is 8.69. The molecule has 39 heavy (non-hydrogen) atoms. The van der Waals surface area contributed by atoms with Crippen molar-refractivity contribution < 1.29 is 0 Å². The van der Waals surface area contributed by atoms with Crippen LogP contribution in [0.4, 0.5) is 0 Å². The van der Waals surface area contributed by atoms with Crippen LogP contribution >= 0.6 is 5.51 Å². The topological polar surface area (TPSA) is 43.1 Å². The summed E-state index contributed by atoms with van der Waals surface area (Å²) in [6, 6.07) is 38.9. The summed E-state index contributed by atoms with van der Waals surface area (Å²) in [5.74, 6) is 0. The van der Waals surface area contributed by atoms with Gasteiger partial charge in [0.25, 0.3) is 0 Å². The van der Waals surface area contributed by atoms with Gasteiger partial charge >= 0.3 is 233 Å². The van der Waals surface area contributed by atoms with Crippen LogP contribution in [0.2, 0.25) is 0 Å². The van der Waals surface area contributed by atoms with Gasteiger partial charge in [-0.15, -0.1) is 0 Å². The average Bonchev–Trinajstić information content (AvgIpc) is 3.40. The summed E-state index contributed by atoms with van der Waals surface area (Å²) in [5, 5.41) is 8.45. The Kier molecular flexibility index (Phi) is 5.08. The van der Waals surface area contributed by atoms with Crippen molar-refractivity contribution >= 4 is 85.8 Å². The Balaban J connectivity index is 1.44. The van der Waals surface area contributed by atoms with Crippen LogP contribution < -0.4 is 15.9 Å². The molecule has 4 aromatic heterocycles. The van der Waals surface area contributed by atoms with Crippen LogP contribution in [0.5, 0.6) is 0 Å². The fourth-order valence-corrected chi connectivity index (χ4v) is 10.6. The standard InChI is InChI=1S/C33H21N4PSe/c39-38(23-15-18-34-19-16-23,24-12-11-22-6-5-17-35-29(22)20-24)25-13-14-32-30(21-25)36-33-28-9-2-1-7-26(28)27-8-3-4-10-31(27)37(32)33/h1-21H. The van der Waals surface area contributed by atoms with E-state index in [1.54, 1.807) is 0 Å². The number of pyridine rings is 3. The summed E-state index contributed by atoms with van der Waals surface area (Å²) >= 11 is 3.68. The van der Waals surface area contributed by atoms with E-state index in [4.69, 9.17) is 4.98 Å². The molecule has 1 atom stereocenters. The molecule has 0 fully saturated rings. The van der Waals surface area contributed by atoms with Gasteiger partial charge in [0.1, 0.15) is 0 Å². The van der Waals surface area contributed by atoms with E-state index in [2.05, 4.69) is 133 Å². The van der Waals surface area contributed by atoms with Crippen molar-refractivity contribution in [2.45, 2.75) is 0 Å². The fraction of sp³-hybridized carbons (Fsp3) is 0. The third-order valence-electron chi connectivity index (χ3n) is 7.58. The Morgan fingerprint density at radius 2 is 1.28 bits per heavy atom. The molecule has 0 aliphatic carbocycles. The van der Waals surface area contributed by atoms with Gasteiger partial charge in [-0.3, -0.25) is 0 Å². The van der Waals surface area contributed by atoms with Crippen LogP contribution in [0.25, 0.3) is 49.3 Å². The quantitative estimate of drug-likeness (QED) is 0.143. The number of hydrogen-bond acceptors (Lipinski definition) is 3. The van der Waals surface area contributed by atoms with Crippen LogP contribution in [0.1, 0.15) is 0 Å². The van der Waals surface area contributed by atoms with Gasteiger partial charge in [0, 0.05) is 0 Å². The molecule has 4 aromatic carbocycles. The summed E-state index contributed by atoms with van der Waals surface area (Å²) < 4.78 is 2.31. The molecule has 0 aliphatic rings. The predicted octanol–water partition coefficient (Wildman–Crippen LogP) is 6.11. The molecular formula is C33H21N4PSe. The van der Waals surface area contributed by atoms with Crippen molar-refractivity contribution in [3.8, 4) is 0 Å². The van der Waals surface area contributed by atoms with Crippen LogP contribution in [0.3, 0.4) is 0 Å². The van der Waals surface area contributed by atoms with E-state index >= 15 is 0 Å². The molecule has 0 radical (unpaired) electrons. The molecule has 4 heterocycles. The summed E-state index contributed by atoms with van der Waals surface area (Å²) in [7, 11) is 0. The van der Waals surface area contributed by atoms with Crippen molar-refractivity contribution in [3.63, 3.8) is 0 Å². The number of benzene rings is 4. The Labute approximate surface area is 232 Å². The first-order valence-corrected chi connectivity index (χ1v) is 16.8. The molecule has 0 spiro atoms. The van der Waals surface area contributed by atoms with E-state index in [1.165, 1.54) is 32.2 Å². The number of para-hydroxylation sites is 1. The van der Waals surface area contributed by atoms with E-state index in [-0.39, 0.29) is 0 Å². The number of aromatic nitrogens is 4. The zero-order chi connectivity index (χ0) is 26.0. The van der Waals surface area contributed by atoms with E-state index in [0.29, 0.717) is 0 Å². The summed E-state index contributed by atoms with van der Waals surface area (Å²) in [5.41, 5.74) is 3.12. The summed E-state index contributed by atoms with van der Waals surface area (Å²) in [6.07, 6.45) is 5.61. The zero-order valence-corrected chi connectivity index (χ0v) is 23.4. The zero-order valence-electron chi connectivity index (χ0n) is 20.8.